The Balaban J connectivity index is 1.37. The van der Waals surface area contributed by atoms with Gasteiger partial charge in [-0.1, -0.05) is 23.7 Å². The van der Waals surface area contributed by atoms with Crippen LogP contribution in [0.3, 0.4) is 0 Å². The van der Waals surface area contributed by atoms with E-state index in [0.717, 1.165) is 18.4 Å². The quantitative estimate of drug-likeness (QED) is 0.855. The first kappa shape index (κ1) is 17.6. The molecule has 3 aliphatic rings. The zero-order valence-electron chi connectivity index (χ0n) is 15.0. The van der Waals surface area contributed by atoms with E-state index in [9.17, 15) is 14.0 Å². The standard InChI is InChI=1S/C20H18ClFN4O2/c21-13-7-23-19(24-8-13)25-17(27)9-26-10-20(6-16(20)22)15-5-12(11-1-2-11)3-4-14(15)18(26)28/h3-5,7-8,11,16H,1-2,6,9-10H2,(H,23,24,25,27)/t16-,20+/m1/s1. The topological polar surface area (TPSA) is 75.2 Å². The van der Waals surface area contributed by atoms with E-state index in [2.05, 4.69) is 15.3 Å². The van der Waals surface area contributed by atoms with Gasteiger partial charge < -0.3 is 4.90 Å². The molecule has 0 saturated heterocycles. The fourth-order valence-electron chi connectivity index (χ4n) is 4.04. The van der Waals surface area contributed by atoms with E-state index in [1.54, 1.807) is 6.07 Å². The number of nitrogens with one attached hydrogen (secondary N) is 1. The number of carbonyl (C=O) groups excluding carboxylic acids is 2. The van der Waals surface area contributed by atoms with E-state index < -0.39 is 17.5 Å². The van der Waals surface area contributed by atoms with E-state index >= 15 is 0 Å². The summed E-state index contributed by atoms with van der Waals surface area (Å²) in [5, 5.41) is 2.90. The minimum Gasteiger partial charge on any atom is -0.328 e. The monoisotopic (exact) mass is 400 g/mol. The number of hydrogen-bond acceptors (Lipinski definition) is 4. The molecule has 1 aliphatic heterocycles. The number of amides is 2. The van der Waals surface area contributed by atoms with Gasteiger partial charge in [-0.05, 0) is 42.4 Å². The molecule has 2 fully saturated rings. The van der Waals surface area contributed by atoms with E-state index in [-0.39, 0.29) is 24.9 Å². The molecule has 28 heavy (non-hydrogen) atoms. The highest BCUT2D eigenvalue weighted by molar-refractivity contribution is 6.30. The average molecular weight is 401 g/mol. The highest BCUT2D eigenvalue weighted by atomic mass is 35.5. The lowest BCUT2D eigenvalue weighted by molar-refractivity contribution is -0.117. The highest BCUT2D eigenvalue weighted by Crippen LogP contribution is 2.55. The molecule has 1 spiro atoms. The number of carbonyl (C=O) groups is 2. The highest BCUT2D eigenvalue weighted by Gasteiger charge is 2.61. The largest absolute Gasteiger partial charge is 0.328 e. The average Bonchev–Trinajstić information content (AvgIpc) is 3.59. The summed E-state index contributed by atoms with van der Waals surface area (Å²) in [4.78, 5) is 34.6. The van der Waals surface area contributed by atoms with Crippen LogP contribution in [0.5, 0.6) is 0 Å². The third-order valence-corrected chi connectivity index (χ3v) is 6.00. The van der Waals surface area contributed by atoms with Crippen molar-refractivity contribution < 1.29 is 14.0 Å². The molecule has 1 aromatic heterocycles. The molecule has 2 aromatic rings. The molecule has 144 valence electrons. The second-order valence-corrected chi connectivity index (χ2v) is 8.28. The van der Waals surface area contributed by atoms with Crippen LogP contribution in [-0.4, -0.2) is 45.9 Å². The Kier molecular flexibility index (Phi) is 3.91. The van der Waals surface area contributed by atoms with Crippen molar-refractivity contribution >= 4 is 29.4 Å². The lowest BCUT2D eigenvalue weighted by atomic mass is 9.84. The van der Waals surface area contributed by atoms with Gasteiger partial charge in [0.05, 0.1) is 17.4 Å². The van der Waals surface area contributed by atoms with Crippen LogP contribution in [0.25, 0.3) is 0 Å². The third-order valence-electron chi connectivity index (χ3n) is 5.81. The first-order chi connectivity index (χ1) is 13.5. The van der Waals surface area contributed by atoms with Gasteiger partial charge in [-0.2, -0.15) is 0 Å². The smallest absolute Gasteiger partial charge is 0.254 e. The maximum absolute atomic E-state index is 14.4. The first-order valence-corrected chi connectivity index (χ1v) is 9.69. The van der Waals surface area contributed by atoms with Crippen molar-refractivity contribution in [2.24, 2.45) is 0 Å². The Morgan fingerprint density at radius 1 is 1.32 bits per heavy atom. The number of rotatable bonds is 4. The summed E-state index contributed by atoms with van der Waals surface area (Å²) in [6, 6.07) is 5.77. The third kappa shape index (κ3) is 2.94. The van der Waals surface area contributed by atoms with Crippen molar-refractivity contribution in [3.05, 3.63) is 52.3 Å². The number of hydrogen-bond donors (Lipinski definition) is 1. The molecule has 1 aromatic carbocycles. The fraction of sp³-hybridized carbons (Fsp3) is 0.400. The van der Waals surface area contributed by atoms with Crippen molar-refractivity contribution in [3.8, 4) is 0 Å². The van der Waals surface area contributed by atoms with Crippen LogP contribution >= 0.6 is 11.6 Å². The molecule has 8 heteroatoms. The summed E-state index contributed by atoms with van der Waals surface area (Å²) in [7, 11) is 0. The zero-order valence-corrected chi connectivity index (χ0v) is 15.7. The summed E-state index contributed by atoms with van der Waals surface area (Å²) >= 11 is 5.73. The van der Waals surface area contributed by atoms with Gasteiger partial charge in [0.25, 0.3) is 5.91 Å². The van der Waals surface area contributed by atoms with E-state index in [1.807, 2.05) is 12.1 Å². The van der Waals surface area contributed by atoms with Gasteiger partial charge in [0.2, 0.25) is 11.9 Å². The van der Waals surface area contributed by atoms with Crippen molar-refractivity contribution in [3.63, 3.8) is 0 Å². The summed E-state index contributed by atoms with van der Waals surface area (Å²) in [5.74, 6) is -0.0236. The molecule has 2 atom stereocenters. The SMILES string of the molecule is O=C(CN1C[C@@]2(C[C@H]2F)c2cc(C3CC3)ccc2C1=O)Nc1ncc(Cl)cn1. The molecular formula is C20H18ClFN4O2. The van der Waals surface area contributed by atoms with Crippen LogP contribution in [0.4, 0.5) is 10.3 Å². The summed E-state index contributed by atoms with van der Waals surface area (Å²) in [5.41, 5.74) is 1.83. The van der Waals surface area contributed by atoms with Gasteiger partial charge in [-0.3, -0.25) is 14.9 Å². The van der Waals surface area contributed by atoms with Gasteiger partial charge in [0.1, 0.15) is 12.7 Å². The normalized spacial score (nSPS) is 25.6. The van der Waals surface area contributed by atoms with Crippen LogP contribution in [0.15, 0.2) is 30.6 Å². The number of benzene rings is 1. The predicted molar refractivity (Wildman–Crippen MR) is 101 cm³/mol. The van der Waals surface area contributed by atoms with E-state index in [0.29, 0.717) is 22.9 Å². The second-order valence-electron chi connectivity index (χ2n) is 7.84. The lowest BCUT2D eigenvalue weighted by Crippen LogP contribution is -2.47. The lowest BCUT2D eigenvalue weighted by Gasteiger charge is -2.34. The molecule has 6 nitrogen and oxygen atoms in total. The van der Waals surface area contributed by atoms with Gasteiger partial charge in [0.15, 0.2) is 0 Å². The summed E-state index contributed by atoms with van der Waals surface area (Å²) in [6.45, 7) is 0.0339. The van der Waals surface area contributed by atoms with Crippen LogP contribution in [0, 0.1) is 0 Å². The number of anilines is 1. The molecule has 2 amide bonds. The van der Waals surface area contributed by atoms with Crippen LogP contribution in [-0.2, 0) is 10.2 Å². The van der Waals surface area contributed by atoms with Crippen LogP contribution in [0.2, 0.25) is 5.02 Å². The van der Waals surface area contributed by atoms with E-state index in [1.165, 1.54) is 22.9 Å². The Morgan fingerprint density at radius 2 is 2.04 bits per heavy atom. The molecule has 2 saturated carbocycles. The molecule has 5 rings (SSSR count). The Bertz CT molecular complexity index is 979. The molecule has 0 unspecified atom stereocenters. The molecule has 2 aliphatic carbocycles. The van der Waals surface area contributed by atoms with Crippen molar-refractivity contribution in [1.82, 2.24) is 14.9 Å². The van der Waals surface area contributed by atoms with Crippen molar-refractivity contribution in [2.75, 3.05) is 18.4 Å². The van der Waals surface area contributed by atoms with Crippen molar-refractivity contribution in [1.29, 1.82) is 0 Å². The van der Waals surface area contributed by atoms with Crippen molar-refractivity contribution in [2.45, 2.75) is 36.8 Å². The molecule has 2 heterocycles. The summed E-state index contributed by atoms with van der Waals surface area (Å²) in [6.07, 6.45) is 4.45. The first-order valence-electron chi connectivity index (χ1n) is 9.31. The van der Waals surface area contributed by atoms with Gasteiger partial charge >= 0.3 is 0 Å². The number of alkyl halides is 1. The number of aromatic nitrogens is 2. The Morgan fingerprint density at radius 3 is 2.68 bits per heavy atom. The predicted octanol–water partition coefficient (Wildman–Crippen LogP) is 3.08. The summed E-state index contributed by atoms with van der Waals surface area (Å²) < 4.78 is 14.4. The van der Waals surface area contributed by atoms with Gasteiger partial charge in [-0.15, -0.1) is 0 Å². The number of halogens is 2. The minimum atomic E-state index is -0.987. The molecule has 0 bridgehead atoms. The zero-order chi connectivity index (χ0) is 19.5. The number of nitrogens with zero attached hydrogens (tertiary/aromatic N) is 3. The molecular weight excluding hydrogens is 383 g/mol. The van der Waals surface area contributed by atoms with Gasteiger partial charge in [-0.25, -0.2) is 14.4 Å². The maximum atomic E-state index is 14.4. The molecule has 0 radical (unpaired) electrons. The molecule has 1 N–H and O–H groups in total. The minimum absolute atomic E-state index is 0.109. The maximum Gasteiger partial charge on any atom is 0.254 e. The Hall–Kier alpha value is -2.54. The van der Waals surface area contributed by atoms with Crippen LogP contribution < -0.4 is 5.32 Å². The number of fused-ring (bicyclic) bond motifs is 2. The van der Waals surface area contributed by atoms with Crippen LogP contribution in [0.1, 0.15) is 46.7 Å². The van der Waals surface area contributed by atoms with Gasteiger partial charge in [0, 0.05) is 17.5 Å². The fourth-order valence-corrected chi connectivity index (χ4v) is 4.14. The second kappa shape index (κ2) is 6.24. The van der Waals surface area contributed by atoms with E-state index in [4.69, 9.17) is 11.6 Å². The Labute approximate surface area is 166 Å².